The van der Waals surface area contributed by atoms with Gasteiger partial charge in [-0.15, -0.1) is 0 Å². The summed E-state index contributed by atoms with van der Waals surface area (Å²) in [6, 6.07) is 15.9. The van der Waals surface area contributed by atoms with Gasteiger partial charge in [-0.25, -0.2) is 13.4 Å². The number of hydrogen-bond donors (Lipinski definition) is 2. The fraction of sp³-hybridized carbons (Fsp3) is 0.400. The van der Waals surface area contributed by atoms with Crippen molar-refractivity contribution in [2.24, 2.45) is 0 Å². The highest BCUT2D eigenvalue weighted by Crippen LogP contribution is 2.14. The number of pyridine rings is 1. The third-order valence-corrected chi connectivity index (χ3v) is 6.95. The standard InChI is InChI=1S/C20H27N5O2S2/c26-29(27,25-15-13-24(14-16-25)19-8-4-5-10-21-19)17-12-23-20(28)22-11-9-18-6-2-1-3-7-18/h1-8,10H,9,11-17H2,(H2,22,23,28). The van der Waals surface area contributed by atoms with E-state index in [1.807, 2.05) is 36.4 Å². The van der Waals surface area contributed by atoms with Crippen LogP contribution in [0.1, 0.15) is 5.56 Å². The number of anilines is 1. The van der Waals surface area contributed by atoms with Crippen LogP contribution < -0.4 is 15.5 Å². The van der Waals surface area contributed by atoms with Crippen molar-refractivity contribution in [3.05, 3.63) is 60.3 Å². The average Bonchev–Trinajstić information content (AvgIpc) is 2.75. The fourth-order valence-electron chi connectivity index (χ4n) is 3.19. The lowest BCUT2D eigenvalue weighted by molar-refractivity contribution is 0.384. The van der Waals surface area contributed by atoms with Crippen LogP contribution in [0.2, 0.25) is 0 Å². The summed E-state index contributed by atoms with van der Waals surface area (Å²) in [5.74, 6) is 0.912. The fourth-order valence-corrected chi connectivity index (χ4v) is 4.73. The van der Waals surface area contributed by atoms with Crippen molar-refractivity contribution >= 4 is 33.2 Å². The molecule has 0 amide bonds. The van der Waals surface area contributed by atoms with Crippen LogP contribution in [0, 0.1) is 0 Å². The lowest BCUT2D eigenvalue weighted by Crippen LogP contribution is -2.50. The molecule has 156 valence electrons. The van der Waals surface area contributed by atoms with Crippen LogP contribution in [0.3, 0.4) is 0 Å². The van der Waals surface area contributed by atoms with Gasteiger partial charge in [0.2, 0.25) is 10.0 Å². The van der Waals surface area contributed by atoms with Gasteiger partial charge in [-0.2, -0.15) is 4.31 Å². The molecule has 1 aliphatic rings. The van der Waals surface area contributed by atoms with Crippen LogP contribution in [-0.4, -0.2) is 67.8 Å². The van der Waals surface area contributed by atoms with E-state index in [9.17, 15) is 8.42 Å². The van der Waals surface area contributed by atoms with Gasteiger partial charge >= 0.3 is 0 Å². The number of rotatable bonds is 8. The molecular formula is C20H27N5O2S2. The lowest BCUT2D eigenvalue weighted by atomic mass is 10.1. The molecular weight excluding hydrogens is 406 g/mol. The van der Waals surface area contributed by atoms with E-state index in [2.05, 4.69) is 32.7 Å². The zero-order valence-electron chi connectivity index (χ0n) is 16.3. The molecule has 1 saturated heterocycles. The Bertz CT molecular complexity index is 870. The van der Waals surface area contributed by atoms with E-state index in [1.165, 1.54) is 5.56 Å². The molecule has 0 aliphatic carbocycles. The van der Waals surface area contributed by atoms with Crippen LogP contribution in [0.15, 0.2) is 54.7 Å². The van der Waals surface area contributed by atoms with E-state index in [0.29, 0.717) is 44.4 Å². The van der Waals surface area contributed by atoms with Gasteiger partial charge in [0.15, 0.2) is 5.11 Å². The van der Waals surface area contributed by atoms with Crippen molar-refractivity contribution < 1.29 is 8.42 Å². The lowest BCUT2D eigenvalue weighted by Gasteiger charge is -2.34. The van der Waals surface area contributed by atoms with E-state index in [-0.39, 0.29) is 5.75 Å². The van der Waals surface area contributed by atoms with Crippen molar-refractivity contribution in [2.45, 2.75) is 6.42 Å². The van der Waals surface area contributed by atoms with E-state index >= 15 is 0 Å². The summed E-state index contributed by atoms with van der Waals surface area (Å²) in [6.45, 7) is 3.22. The number of sulfonamides is 1. The molecule has 9 heteroatoms. The molecule has 0 spiro atoms. The zero-order valence-corrected chi connectivity index (χ0v) is 18.0. The second kappa shape index (κ2) is 10.5. The Kier molecular flexibility index (Phi) is 7.79. The third kappa shape index (κ3) is 6.66. The second-order valence-corrected chi connectivity index (χ2v) is 9.31. The van der Waals surface area contributed by atoms with Crippen LogP contribution in [0.25, 0.3) is 0 Å². The highest BCUT2D eigenvalue weighted by Gasteiger charge is 2.27. The summed E-state index contributed by atoms with van der Waals surface area (Å²) in [7, 11) is -3.31. The van der Waals surface area contributed by atoms with Crippen LogP contribution >= 0.6 is 12.2 Å². The Balaban J connectivity index is 1.35. The van der Waals surface area contributed by atoms with Crippen LogP contribution in [-0.2, 0) is 16.4 Å². The van der Waals surface area contributed by atoms with Crippen LogP contribution in [0.4, 0.5) is 5.82 Å². The Hall–Kier alpha value is -2.23. The molecule has 0 atom stereocenters. The van der Waals surface area contributed by atoms with Crippen molar-refractivity contribution in [1.82, 2.24) is 19.9 Å². The molecule has 1 fully saturated rings. The molecule has 0 radical (unpaired) electrons. The summed E-state index contributed by atoms with van der Waals surface area (Å²) >= 11 is 5.24. The van der Waals surface area contributed by atoms with Crippen molar-refractivity contribution in [3.8, 4) is 0 Å². The van der Waals surface area contributed by atoms with Gasteiger partial charge in [-0.3, -0.25) is 0 Å². The van der Waals surface area contributed by atoms with E-state index in [0.717, 1.165) is 12.2 Å². The first kappa shape index (κ1) is 21.5. The summed E-state index contributed by atoms with van der Waals surface area (Å²) in [4.78, 5) is 6.44. The Labute approximate surface area is 178 Å². The second-order valence-electron chi connectivity index (χ2n) is 6.81. The van der Waals surface area contributed by atoms with Gasteiger partial charge in [0, 0.05) is 45.5 Å². The first-order valence-electron chi connectivity index (χ1n) is 9.74. The van der Waals surface area contributed by atoms with Gasteiger partial charge in [0.25, 0.3) is 0 Å². The molecule has 7 nitrogen and oxygen atoms in total. The average molecular weight is 434 g/mol. The minimum Gasteiger partial charge on any atom is -0.362 e. The van der Waals surface area contributed by atoms with Crippen molar-refractivity contribution in [1.29, 1.82) is 0 Å². The van der Waals surface area contributed by atoms with Gasteiger partial charge in [0.05, 0.1) is 5.75 Å². The molecule has 0 bridgehead atoms. The van der Waals surface area contributed by atoms with Gasteiger partial charge in [0.1, 0.15) is 5.82 Å². The van der Waals surface area contributed by atoms with Crippen molar-refractivity contribution in [2.75, 3.05) is 49.9 Å². The van der Waals surface area contributed by atoms with E-state index < -0.39 is 10.0 Å². The smallest absolute Gasteiger partial charge is 0.215 e. The maximum absolute atomic E-state index is 12.6. The third-order valence-electron chi connectivity index (χ3n) is 4.79. The maximum atomic E-state index is 12.6. The normalized spacial score (nSPS) is 15.1. The molecule has 0 saturated carbocycles. The summed E-state index contributed by atoms with van der Waals surface area (Å²) in [5, 5.41) is 6.59. The number of hydrogen-bond acceptors (Lipinski definition) is 5. The molecule has 2 N–H and O–H groups in total. The quantitative estimate of drug-likeness (QED) is 0.607. The Morgan fingerprint density at radius 1 is 0.966 bits per heavy atom. The minimum absolute atomic E-state index is 0.0249. The highest BCUT2D eigenvalue weighted by molar-refractivity contribution is 7.89. The predicted octanol–water partition coefficient (Wildman–Crippen LogP) is 1.24. The number of piperazine rings is 1. The Morgan fingerprint density at radius 3 is 2.34 bits per heavy atom. The number of nitrogens with zero attached hydrogens (tertiary/aromatic N) is 3. The molecule has 3 rings (SSSR count). The molecule has 0 unspecified atom stereocenters. The molecule has 1 aromatic heterocycles. The largest absolute Gasteiger partial charge is 0.362 e. The molecule has 29 heavy (non-hydrogen) atoms. The zero-order chi connectivity index (χ0) is 20.5. The molecule has 2 heterocycles. The first-order chi connectivity index (χ1) is 14.0. The van der Waals surface area contributed by atoms with Crippen molar-refractivity contribution in [3.63, 3.8) is 0 Å². The topological polar surface area (TPSA) is 77.6 Å². The highest BCUT2D eigenvalue weighted by atomic mass is 32.2. The number of aromatic nitrogens is 1. The minimum atomic E-state index is -3.31. The number of nitrogens with one attached hydrogen (secondary N) is 2. The molecule has 1 aliphatic heterocycles. The van der Waals surface area contributed by atoms with Crippen LogP contribution in [0.5, 0.6) is 0 Å². The predicted molar refractivity (Wildman–Crippen MR) is 121 cm³/mol. The van der Waals surface area contributed by atoms with E-state index in [4.69, 9.17) is 12.2 Å². The maximum Gasteiger partial charge on any atom is 0.215 e. The first-order valence-corrected chi connectivity index (χ1v) is 11.8. The number of thiocarbonyl (C=S) groups is 1. The van der Waals surface area contributed by atoms with E-state index in [1.54, 1.807) is 10.5 Å². The molecule has 1 aromatic carbocycles. The SMILES string of the molecule is O=S(=O)(CCNC(=S)NCCc1ccccc1)N1CCN(c2ccccn2)CC1. The van der Waals surface area contributed by atoms with Gasteiger partial charge in [-0.05, 0) is 36.3 Å². The Morgan fingerprint density at radius 2 is 1.66 bits per heavy atom. The van der Waals surface area contributed by atoms with Gasteiger partial charge < -0.3 is 15.5 Å². The summed E-state index contributed by atoms with van der Waals surface area (Å²) in [6.07, 6.45) is 2.61. The van der Waals surface area contributed by atoms with Gasteiger partial charge in [-0.1, -0.05) is 36.4 Å². The summed E-state index contributed by atoms with van der Waals surface area (Å²) < 4.78 is 26.8. The number of benzene rings is 1. The molecule has 2 aromatic rings. The monoisotopic (exact) mass is 433 g/mol. The summed E-state index contributed by atoms with van der Waals surface area (Å²) in [5.41, 5.74) is 1.23.